The largest absolute Gasteiger partial charge is 0.302 e. The van der Waals surface area contributed by atoms with Crippen LogP contribution in [0.4, 0.5) is 0 Å². The van der Waals surface area contributed by atoms with E-state index < -0.39 is 0 Å². The summed E-state index contributed by atoms with van der Waals surface area (Å²) in [6.45, 7) is 3.75. The molecule has 4 rings (SSSR count). The average Bonchev–Trinajstić information content (AvgIpc) is 2.02. The molecule has 0 N–H and O–H groups in total. The third-order valence-corrected chi connectivity index (χ3v) is 3.94. The van der Waals surface area contributed by atoms with E-state index in [4.69, 9.17) is 5.26 Å². The van der Waals surface area contributed by atoms with E-state index in [0.717, 1.165) is 17.8 Å². The third kappa shape index (κ3) is 0.778. The van der Waals surface area contributed by atoms with Crippen LogP contribution in [0.25, 0.3) is 0 Å². The van der Waals surface area contributed by atoms with E-state index in [0.29, 0.717) is 5.92 Å². The average molecular weight is 162 g/mol. The maximum Gasteiger partial charge on any atom is 0.0662 e. The molecular formula is C10H14N2. The summed E-state index contributed by atoms with van der Waals surface area (Å²) in [5.41, 5.74) is 0. The molecule has 2 nitrogen and oxygen atoms in total. The van der Waals surface area contributed by atoms with Crippen molar-refractivity contribution < 1.29 is 0 Å². The Balaban J connectivity index is 1.91. The lowest BCUT2D eigenvalue weighted by Crippen LogP contribution is -2.57. The SMILES string of the molecule is N#CC1C2CC3CC1CN(C3)C2. The van der Waals surface area contributed by atoms with Gasteiger partial charge in [-0.05, 0) is 30.6 Å². The molecule has 0 aromatic carbocycles. The van der Waals surface area contributed by atoms with Crippen molar-refractivity contribution >= 4 is 0 Å². The molecule has 2 unspecified atom stereocenters. The van der Waals surface area contributed by atoms with Crippen LogP contribution in [0, 0.1) is 35.0 Å². The zero-order valence-electron chi connectivity index (χ0n) is 7.24. The summed E-state index contributed by atoms with van der Waals surface area (Å²) in [6, 6.07) is 2.52. The van der Waals surface area contributed by atoms with Crippen LogP contribution < -0.4 is 0 Å². The van der Waals surface area contributed by atoms with E-state index in [1.807, 2.05) is 0 Å². The zero-order valence-corrected chi connectivity index (χ0v) is 7.24. The fourth-order valence-electron chi connectivity index (χ4n) is 3.62. The lowest BCUT2D eigenvalue weighted by molar-refractivity contribution is -0.0445. The first-order valence-corrected chi connectivity index (χ1v) is 4.99. The summed E-state index contributed by atoms with van der Waals surface area (Å²) >= 11 is 0. The van der Waals surface area contributed by atoms with Gasteiger partial charge in [-0.15, -0.1) is 0 Å². The maximum atomic E-state index is 9.03. The summed E-state index contributed by atoms with van der Waals surface area (Å²) < 4.78 is 0. The van der Waals surface area contributed by atoms with Crippen molar-refractivity contribution in [1.82, 2.24) is 4.90 Å². The van der Waals surface area contributed by atoms with Gasteiger partial charge in [-0.3, -0.25) is 0 Å². The van der Waals surface area contributed by atoms with Gasteiger partial charge in [-0.2, -0.15) is 5.26 Å². The molecule has 4 bridgehead atoms. The molecule has 12 heavy (non-hydrogen) atoms. The molecule has 0 aromatic rings. The number of nitriles is 1. The fourth-order valence-corrected chi connectivity index (χ4v) is 3.62. The van der Waals surface area contributed by atoms with Crippen molar-refractivity contribution in [3.8, 4) is 6.07 Å². The Hall–Kier alpha value is -0.550. The minimum Gasteiger partial charge on any atom is -0.302 e. The van der Waals surface area contributed by atoms with Gasteiger partial charge in [0.1, 0.15) is 0 Å². The molecule has 0 radical (unpaired) electrons. The van der Waals surface area contributed by atoms with Crippen LogP contribution in [-0.2, 0) is 0 Å². The minimum absolute atomic E-state index is 0.401. The number of nitrogens with zero attached hydrogens (tertiary/aromatic N) is 2. The van der Waals surface area contributed by atoms with Gasteiger partial charge in [0, 0.05) is 19.6 Å². The molecule has 3 heterocycles. The Morgan fingerprint density at radius 1 is 1.08 bits per heavy atom. The first-order chi connectivity index (χ1) is 5.86. The van der Waals surface area contributed by atoms with Crippen LogP contribution in [-0.4, -0.2) is 24.5 Å². The smallest absolute Gasteiger partial charge is 0.0662 e. The molecule has 2 atom stereocenters. The molecule has 0 amide bonds. The van der Waals surface area contributed by atoms with E-state index in [-0.39, 0.29) is 0 Å². The topological polar surface area (TPSA) is 27.0 Å². The molecule has 0 aromatic heterocycles. The third-order valence-electron chi connectivity index (χ3n) is 3.94. The highest BCUT2D eigenvalue weighted by Gasteiger charge is 2.47. The van der Waals surface area contributed by atoms with Gasteiger partial charge >= 0.3 is 0 Å². The highest BCUT2D eigenvalue weighted by Crippen LogP contribution is 2.46. The van der Waals surface area contributed by atoms with Crippen LogP contribution in [0.1, 0.15) is 12.8 Å². The summed E-state index contributed by atoms with van der Waals surface area (Å²) in [7, 11) is 0. The van der Waals surface area contributed by atoms with Crippen LogP contribution >= 0.6 is 0 Å². The van der Waals surface area contributed by atoms with Crippen LogP contribution in [0.5, 0.6) is 0 Å². The molecule has 1 aliphatic carbocycles. The van der Waals surface area contributed by atoms with Crippen molar-refractivity contribution in [3.63, 3.8) is 0 Å². The molecule has 4 fully saturated rings. The number of hydrogen-bond donors (Lipinski definition) is 0. The van der Waals surface area contributed by atoms with Gasteiger partial charge < -0.3 is 4.90 Å². The predicted octanol–water partition coefficient (Wildman–Crippen LogP) is 1.10. The Morgan fingerprint density at radius 2 is 1.75 bits per heavy atom. The van der Waals surface area contributed by atoms with Gasteiger partial charge in [0.2, 0.25) is 0 Å². The lowest BCUT2D eigenvalue weighted by atomic mass is 9.62. The molecule has 3 saturated heterocycles. The first-order valence-electron chi connectivity index (χ1n) is 4.99. The van der Waals surface area contributed by atoms with Crippen molar-refractivity contribution in [2.75, 3.05) is 19.6 Å². The van der Waals surface area contributed by atoms with Gasteiger partial charge in [-0.1, -0.05) is 0 Å². The van der Waals surface area contributed by atoms with Gasteiger partial charge in [-0.25, -0.2) is 0 Å². The molecule has 4 aliphatic rings. The fraction of sp³-hybridized carbons (Fsp3) is 0.900. The monoisotopic (exact) mass is 162 g/mol. The van der Waals surface area contributed by atoms with E-state index in [1.54, 1.807) is 0 Å². The highest BCUT2D eigenvalue weighted by atomic mass is 15.2. The summed E-state index contributed by atoms with van der Waals surface area (Å²) in [6.07, 6.45) is 2.68. The van der Waals surface area contributed by atoms with E-state index in [9.17, 15) is 0 Å². The summed E-state index contributed by atoms with van der Waals surface area (Å²) in [5, 5.41) is 9.03. The summed E-state index contributed by atoms with van der Waals surface area (Å²) in [4.78, 5) is 2.57. The molecule has 64 valence electrons. The summed E-state index contributed by atoms with van der Waals surface area (Å²) in [5.74, 6) is 2.78. The van der Waals surface area contributed by atoms with Gasteiger partial charge in [0.15, 0.2) is 0 Å². The maximum absolute atomic E-state index is 9.03. The van der Waals surface area contributed by atoms with E-state index in [2.05, 4.69) is 11.0 Å². The molecular weight excluding hydrogens is 148 g/mol. The molecule has 2 heteroatoms. The molecule has 3 aliphatic heterocycles. The quantitative estimate of drug-likeness (QED) is 0.533. The number of rotatable bonds is 0. The van der Waals surface area contributed by atoms with Crippen LogP contribution in [0.15, 0.2) is 0 Å². The van der Waals surface area contributed by atoms with Crippen LogP contribution in [0.3, 0.4) is 0 Å². The minimum atomic E-state index is 0.401. The molecule has 1 saturated carbocycles. The zero-order chi connectivity index (χ0) is 8.13. The van der Waals surface area contributed by atoms with Gasteiger partial charge in [0.25, 0.3) is 0 Å². The molecule has 0 spiro atoms. The first kappa shape index (κ1) is 6.91. The Morgan fingerprint density at radius 3 is 2.25 bits per heavy atom. The van der Waals surface area contributed by atoms with Crippen molar-refractivity contribution in [2.24, 2.45) is 23.7 Å². The predicted molar refractivity (Wildman–Crippen MR) is 45.2 cm³/mol. The van der Waals surface area contributed by atoms with Gasteiger partial charge in [0.05, 0.1) is 12.0 Å². The second-order valence-corrected chi connectivity index (χ2v) is 4.73. The number of piperidine rings is 3. The lowest BCUT2D eigenvalue weighted by Gasteiger charge is -2.53. The Bertz CT molecular complexity index is 213. The standard InChI is InChI=1S/C10H14N2/c11-3-10-8-1-7-2-9(10)6-12(4-7)5-8/h7-10H,1-2,4-6H2. The van der Waals surface area contributed by atoms with Crippen molar-refractivity contribution in [2.45, 2.75) is 12.8 Å². The Labute approximate surface area is 73.2 Å². The second kappa shape index (κ2) is 2.23. The van der Waals surface area contributed by atoms with Crippen LogP contribution in [0.2, 0.25) is 0 Å². The highest BCUT2D eigenvalue weighted by molar-refractivity contribution is 5.05. The van der Waals surface area contributed by atoms with Crippen molar-refractivity contribution in [1.29, 1.82) is 5.26 Å². The van der Waals surface area contributed by atoms with E-state index >= 15 is 0 Å². The normalized spacial score (nSPS) is 55.4. The number of hydrogen-bond acceptors (Lipinski definition) is 2. The second-order valence-electron chi connectivity index (χ2n) is 4.73. The van der Waals surface area contributed by atoms with Crippen molar-refractivity contribution in [3.05, 3.63) is 0 Å². The van der Waals surface area contributed by atoms with E-state index in [1.165, 1.54) is 32.5 Å². The Kier molecular flexibility index (Phi) is 1.29.